The maximum absolute atomic E-state index is 9.67. The third-order valence-electron chi connectivity index (χ3n) is 3.62. The first kappa shape index (κ1) is 13.8. The average molecular weight is 285 g/mol. The van der Waals surface area contributed by atoms with Gasteiger partial charge in [-0.05, 0) is 31.5 Å². The van der Waals surface area contributed by atoms with E-state index in [1.807, 2.05) is 0 Å². The van der Waals surface area contributed by atoms with Gasteiger partial charge in [0.2, 0.25) is 0 Å². The van der Waals surface area contributed by atoms with Crippen LogP contribution >= 0.6 is 0 Å². The Hall–Kier alpha value is -2.14. The molecule has 1 aliphatic rings. The number of phenols is 1. The van der Waals surface area contributed by atoms with Crippen LogP contribution in [0.15, 0.2) is 36.7 Å². The summed E-state index contributed by atoms with van der Waals surface area (Å²) in [5.41, 5.74) is 0. The monoisotopic (exact) mass is 285 g/mol. The number of benzene rings is 1. The highest BCUT2D eigenvalue weighted by Crippen LogP contribution is 2.29. The molecule has 0 saturated carbocycles. The Morgan fingerprint density at radius 1 is 1.19 bits per heavy atom. The minimum atomic E-state index is 0.105. The molecule has 2 aromatic rings. The summed E-state index contributed by atoms with van der Waals surface area (Å²) in [6.45, 7) is 1.08. The van der Waals surface area contributed by atoms with Crippen LogP contribution in [0.5, 0.6) is 17.2 Å². The van der Waals surface area contributed by atoms with Crippen molar-refractivity contribution in [3.05, 3.63) is 42.5 Å². The molecule has 110 valence electrons. The van der Waals surface area contributed by atoms with Gasteiger partial charge in [-0.15, -0.1) is 0 Å². The van der Waals surface area contributed by atoms with Crippen LogP contribution in [0.25, 0.3) is 0 Å². The van der Waals surface area contributed by atoms with E-state index in [4.69, 9.17) is 4.74 Å². The highest BCUT2D eigenvalue weighted by molar-refractivity contribution is 5.40. The summed E-state index contributed by atoms with van der Waals surface area (Å²) < 4.78 is 5.56. The molecule has 1 aromatic heterocycles. The summed E-state index contributed by atoms with van der Waals surface area (Å²) >= 11 is 0. The van der Waals surface area contributed by atoms with Crippen molar-refractivity contribution in [3.63, 3.8) is 0 Å². The van der Waals surface area contributed by atoms with Crippen LogP contribution in [-0.4, -0.2) is 27.7 Å². The van der Waals surface area contributed by atoms with E-state index in [-0.39, 0.29) is 5.75 Å². The number of hydrogen-bond donors (Lipinski definition) is 2. The zero-order valence-corrected chi connectivity index (χ0v) is 11.8. The molecule has 1 saturated heterocycles. The zero-order valence-electron chi connectivity index (χ0n) is 11.8. The number of aromatic nitrogens is 2. The maximum atomic E-state index is 9.67. The standard InChI is InChI=1S/C16H19N3O2/c20-14-6-1-2-7-15(14)21-13-10-18-16(19-11-13)9-12-5-3-4-8-17-12/h1-2,6-7,10-12,17,20H,3-5,8-9H2. The minimum Gasteiger partial charge on any atom is -0.504 e. The first-order valence-electron chi connectivity index (χ1n) is 7.31. The van der Waals surface area contributed by atoms with E-state index >= 15 is 0 Å². The lowest BCUT2D eigenvalue weighted by molar-refractivity contribution is 0.392. The van der Waals surface area contributed by atoms with Gasteiger partial charge in [-0.25, -0.2) is 9.97 Å². The highest BCUT2D eigenvalue weighted by atomic mass is 16.5. The van der Waals surface area contributed by atoms with Crippen molar-refractivity contribution in [2.24, 2.45) is 0 Å². The van der Waals surface area contributed by atoms with Crippen molar-refractivity contribution in [1.82, 2.24) is 15.3 Å². The summed E-state index contributed by atoms with van der Waals surface area (Å²) in [5, 5.41) is 13.2. The maximum Gasteiger partial charge on any atom is 0.169 e. The molecule has 1 aromatic carbocycles. The Morgan fingerprint density at radius 3 is 2.71 bits per heavy atom. The van der Waals surface area contributed by atoms with E-state index in [0.29, 0.717) is 17.5 Å². The predicted octanol–water partition coefficient (Wildman–Crippen LogP) is 2.66. The number of ether oxygens (including phenoxy) is 1. The minimum absolute atomic E-state index is 0.105. The molecule has 5 heteroatoms. The second-order valence-electron chi connectivity index (χ2n) is 5.26. The van der Waals surface area contributed by atoms with E-state index in [1.165, 1.54) is 19.3 Å². The summed E-state index contributed by atoms with van der Waals surface area (Å²) in [5.74, 6) is 1.85. The molecular weight excluding hydrogens is 266 g/mol. The van der Waals surface area contributed by atoms with Crippen molar-refractivity contribution >= 4 is 0 Å². The molecule has 3 rings (SSSR count). The van der Waals surface area contributed by atoms with Gasteiger partial charge in [-0.2, -0.15) is 0 Å². The number of piperidine rings is 1. The first-order chi connectivity index (χ1) is 10.3. The van der Waals surface area contributed by atoms with Gasteiger partial charge in [-0.3, -0.25) is 0 Å². The van der Waals surface area contributed by atoms with Crippen molar-refractivity contribution in [1.29, 1.82) is 0 Å². The van der Waals surface area contributed by atoms with Crippen LogP contribution in [0.2, 0.25) is 0 Å². The molecule has 0 radical (unpaired) electrons. The van der Waals surface area contributed by atoms with Gasteiger partial charge in [0.1, 0.15) is 5.82 Å². The Balaban J connectivity index is 1.62. The second-order valence-corrected chi connectivity index (χ2v) is 5.26. The molecule has 0 bridgehead atoms. The van der Waals surface area contributed by atoms with E-state index in [9.17, 15) is 5.11 Å². The number of phenolic OH excluding ortho intramolecular Hbond substituents is 1. The lowest BCUT2D eigenvalue weighted by Gasteiger charge is -2.22. The fourth-order valence-corrected chi connectivity index (χ4v) is 2.49. The number of rotatable bonds is 4. The molecule has 0 spiro atoms. The van der Waals surface area contributed by atoms with Gasteiger partial charge < -0.3 is 15.2 Å². The van der Waals surface area contributed by atoms with Crippen molar-refractivity contribution in [2.45, 2.75) is 31.7 Å². The lowest BCUT2D eigenvalue weighted by atomic mass is 10.0. The van der Waals surface area contributed by atoms with Crippen molar-refractivity contribution < 1.29 is 9.84 Å². The van der Waals surface area contributed by atoms with E-state index < -0.39 is 0 Å². The number of hydrogen-bond acceptors (Lipinski definition) is 5. The Morgan fingerprint density at radius 2 is 2.00 bits per heavy atom. The molecule has 1 unspecified atom stereocenters. The van der Waals surface area contributed by atoms with Gasteiger partial charge in [0.15, 0.2) is 17.2 Å². The molecule has 5 nitrogen and oxygen atoms in total. The Kier molecular flexibility index (Phi) is 4.31. The lowest BCUT2D eigenvalue weighted by Crippen LogP contribution is -2.36. The van der Waals surface area contributed by atoms with Crippen LogP contribution in [0, 0.1) is 0 Å². The largest absolute Gasteiger partial charge is 0.504 e. The van der Waals surface area contributed by atoms with E-state index in [2.05, 4.69) is 15.3 Å². The quantitative estimate of drug-likeness (QED) is 0.904. The van der Waals surface area contributed by atoms with Crippen LogP contribution in [0.3, 0.4) is 0 Å². The number of nitrogens with zero attached hydrogens (tertiary/aromatic N) is 2. The molecule has 2 N–H and O–H groups in total. The molecule has 21 heavy (non-hydrogen) atoms. The van der Waals surface area contributed by atoms with Gasteiger partial charge in [0, 0.05) is 12.5 Å². The third kappa shape index (κ3) is 3.70. The SMILES string of the molecule is Oc1ccccc1Oc1cnc(CC2CCCCN2)nc1. The number of nitrogens with one attached hydrogen (secondary N) is 1. The highest BCUT2D eigenvalue weighted by Gasteiger charge is 2.14. The smallest absolute Gasteiger partial charge is 0.169 e. The number of para-hydroxylation sites is 2. The molecule has 1 aliphatic heterocycles. The Bertz CT molecular complexity index is 580. The van der Waals surface area contributed by atoms with Crippen LogP contribution in [-0.2, 0) is 6.42 Å². The molecule has 0 amide bonds. The summed E-state index contributed by atoms with van der Waals surface area (Å²) in [6.07, 6.45) is 7.85. The zero-order chi connectivity index (χ0) is 14.5. The van der Waals surface area contributed by atoms with Gasteiger partial charge in [0.05, 0.1) is 12.4 Å². The normalized spacial score (nSPS) is 18.4. The molecule has 0 aliphatic carbocycles. The summed E-state index contributed by atoms with van der Waals surface area (Å²) in [7, 11) is 0. The van der Waals surface area contributed by atoms with E-state index in [1.54, 1.807) is 36.7 Å². The number of aromatic hydroxyl groups is 1. The predicted molar refractivity (Wildman–Crippen MR) is 79.6 cm³/mol. The average Bonchev–Trinajstić information content (AvgIpc) is 2.52. The second kappa shape index (κ2) is 6.54. The van der Waals surface area contributed by atoms with Gasteiger partial charge >= 0.3 is 0 Å². The topological polar surface area (TPSA) is 67.3 Å². The van der Waals surface area contributed by atoms with Crippen molar-refractivity contribution in [3.8, 4) is 17.2 Å². The van der Waals surface area contributed by atoms with Gasteiger partial charge in [-0.1, -0.05) is 18.6 Å². The third-order valence-corrected chi connectivity index (χ3v) is 3.62. The summed E-state index contributed by atoms with van der Waals surface area (Å²) in [4.78, 5) is 8.68. The molecule has 2 heterocycles. The first-order valence-corrected chi connectivity index (χ1v) is 7.31. The van der Waals surface area contributed by atoms with E-state index in [0.717, 1.165) is 18.8 Å². The van der Waals surface area contributed by atoms with Gasteiger partial charge in [0.25, 0.3) is 0 Å². The fourth-order valence-electron chi connectivity index (χ4n) is 2.49. The Labute approximate surface area is 124 Å². The fraction of sp³-hybridized carbons (Fsp3) is 0.375. The molecular formula is C16H19N3O2. The van der Waals surface area contributed by atoms with Crippen LogP contribution < -0.4 is 10.1 Å². The molecule has 1 fully saturated rings. The van der Waals surface area contributed by atoms with Crippen LogP contribution in [0.1, 0.15) is 25.1 Å². The molecule has 1 atom stereocenters. The summed E-state index contributed by atoms with van der Waals surface area (Å²) in [6, 6.07) is 7.32. The van der Waals surface area contributed by atoms with Crippen LogP contribution in [0.4, 0.5) is 0 Å². The van der Waals surface area contributed by atoms with Crippen molar-refractivity contribution in [2.75, 3.05) is 6.54 Å².